The molecule has 1 rings (SSSR count). The van der Waals surface area contributed by atoms with Crippen molar-refractivity contribution >= 4 is 23.4 Å². The van der Waals surface area contributed by atoms with Crippen LogP contribution in [-0.4, -0.2) is 41.4 Å². The summed E-state index contributed by atoms with van der Waals surface area (Å²) in [5, 5.41) is 2.44. The van der Waals surface area contributed by atoms with Crippen LogP contribution in [0.15, 0.2) is 24.3 Å². The number of rotatable bonds is 8. The van der Waals surface area contributed by atoms with Crippen molar-refractivity contribution in [2.45, 2.75) is 26.0 Å². The summed E-state index contributed by atoms with van der Waals surface area (Å²) in [5.74, 6) is 0.342. The first-order valence-electron chi connectivity index (χ1n) is 6.97. The van der Waals surface area contributed by atoms with Crippen LogP contribution in [0.1, 0.15) is 20.8 Å². The van der Waals surface area contributed by atoms with Crippen molar-refractivity contribution in [2.75, 3.05) is 30.7 Å². The molecule has 0 heterocycles. The monoisotopic (exact) mass is 298 g/mol. The third-order valence-electron chi connectivity index (χ3n) is 3.17. The first-order chi connectivity index (χ1) is 9.58. The molecule has 0 fully saturated rings. The van der Waals surface area contributed by atoms with Gasteiger partial charge in [-0.25, -0.2) is 4.39 Å². The predicted molar refractivity (Wildman–Crippen MR) is 84.7 cm³/mol. The Morgan fingerprint density at radius 3 is 2.60 bits per heavy atom. The molecule has 1 atom stereocenters. The van der Waals surface area contributed by atoms with E-state index in [1.54, 1.807) is 30.0 Å². The van der Waals surface area contributed by atoms with Gasteiger partial charge in [-0.2, -0.15) is 0 Å². The topological polar surface area (TPSA) is 32.3 Å². The average Bonchev–Trinajstić information content (AvgIpc) is 2.45. The highest BCUT2D eigenvalue weighted by molar-refractivity contribution is 8.00. The molecule has 0 aliphatic carbocycles. The maximum atomic E-state index is 13.4. The van der Waals surface area contributed by atoms with E-state index in [1.165, 1.54) is 6.07 Å². The number of amides is 1. The Labute approximate surface area is 124 Å². The normalized spacial score (nSPS) is 12.4. The van der Waals surface area contributed by atoms with E-state index in [9.17, 15) is 9.18 Å². The van der Waals surface area contributed by atoms with E-state index in [0.29, 0.717) is 0 Å². The van der Waals surface area contributed by atoms with Crippen molar-refractivity contribution in [1.82, 2.24) is 4.90 Å². The van der Waals surface area contributed by atoms with Crippen molar-refractivity contribution < 1.29 is 9.18 Å². The Balaban J connectivity index is 2.38. The van der Waals surface area contributed by atoms with Crippen LogP contribution in [0.5, 0.6) is 0 Å². The Kier molecular flexibility index (Phi) is 7.62. The number of halogens is 1. The summed E-state index contributed by atoms with van der Waals surface area (Å²) in [6, 6.07) is 6.22. The van der Waals surface area contributed by atoms with Gasteiger partial charge in [0.2, 0.25) is 5.91 Å². The standard InChI is InChI=1S/C15H23FN2OS/c1-4-18(5-2)10-11-20-12(3)15(19)17-14-9-7-6-8-13(14)16/h6-9,12H,4-5,10-11H2,1-3H3,(H,17,19)/t12-/m1/s1. The molecule has 1 amide bonds. The van der Waals surface area contributed by atoms with E-state index in [0.717, 1.165) is 25.4 Å². The molecule has 20 heavy (non-hydrogen) atoms. The lowest BCUT2D eigenvalue weighted by atomic mass is 10.3. The number of nitrogens with one attached hydrogen (secondary N) is 1. The summed E-state index contributed by atoms with van der Waals surface area (Å²) in [4.78, 5) is 14.3. The van der Waals surface area contributed by atoms with Crippen molar-refractivity contribution in [2.24, 2.45) is 0 Å². The molecular formula is C15H23FN2OS. The van der Waals surface area contributed by atoms with Crippen LogP contribution in [0, 0.1) is 5.82 Å². The smallest absolute Gasteiger partial charge is 0.237 e. The molecule has 0 spiro atoms. The van der Waals surface area contributed by atoms with Gasteiger partial charge >= 0.3 is 0 Å². The molecule has 112 valence electrons. The number of para-hydroxylation sites is 1. The number of nitrogens with zero attached hydrogens (tertiary/aromatic N) is 1. The number of hydrogen-bond acceptors (Lipinski definition) is 3. The SMILES string of the molecule is CCN(CC)CCS[C@H](C)C(=O)Nc1ccccc1F. The maximum Gasteiger partial charge on any atom is 0.237 e. The van der Waals surface area contributed by atoms with Crippen LogP contribution in [0.2, 0.25) is 0 Å². The van der Waals surface area contributed by atoms with Crippen LogP contribution >= 0.6 is 11.8 Å². The Morgan fingerprint density at radius 2 is 2.00 bits per heavy atom. The zero-order chi connectivity index (χ0) is 15.0. The molecule has 0 saturated carbocycles. The first-order valence-corrected chi connectivity index (χ1v) is 8.02. The molecule has 0 radical (unpaired) electrons. The van der Waals surface area contributed by atoms with Crippen molar-refractivity contribution in [3.8, 4) is 0 Å². The fourth-order valence-electron chi connectivity index (χ4n) is 1.77. The molecule has 1 aromatic rings. The third kappa shape index (κ3) is 5.51. The van der Waals surface area contributed by atoms with Gasteiger partial charge in [0.1, 0.15) is 5.82 Å². The molecule has 0 saturated heterocycles. The number of anilines is 1. The van der Waals surface area contributed by atoms with Gasteiger partial charge in [0.15, 0.2) is 0 Å². The molecule has 0 aromatic heterocycles. The van der Waals surface area contributed by atoms with E-state index in [-0.39, 0.29) is 16.8 Å². The minimum Gasteiger partial charge on any atom is -0.323 e. The Bertz CT molecular complexity index is 424. The lowest BCUT2D eigenvalue weighted by Gasteiger charge is -2.19. The fraction of sp³-hybridized carbons (Fsp3) is 0.533. The quantitative estimate of drug-likeness (QED) is 0.800. The molecule has 1 aromatic carbocycles. The van der Waals surface area contributed by atoms with Crippen LogP contribution in [-0.2, 0) is 4.79 Å². The van der Waals surface area contributed by atoms with Gasteiger partial charge in [-0.1, -0.05) is 26.0 Å². The second-order valence-electron chi connectivity index (χ2n) is 4.51. The molecule has 1 N–H and O–H groups in total. The van der Waals surface area contributed by atoms with Crippen LogP contribution < -0.4 is 5.32 Å². The number of carbonyl (C=O) groups is 1. The number of thioether (sulfide) groups is 1. The molecular weight excluding hydrogens is 275 g/mol. The third-order valence-corrected chi connectivity index (χ3v) is 4.30. The minimum atomic E-state index is -0.402. The average molecular weight is 298 g/mol. The highest BCUT2D eigenvalue weighted by Crippen LogP contribution is 2.16. The summed E-state index contributed by atoms with van der Waals surface area (Å²) < 4.78 is 13.4. The molecule has 0 aliphatic heterocycles. The van der Waals surface area contributed by atoms with Crippen LogP contribution in [0.3, 0.4) is 0 Å². The van der Waals surface area contributed by atoms with Gasteiger partial charge in [-0.3, -0.25) is 4.79 Å². The van der Waals surface area contributed by atoms with Crippen molar-refractivity contribution in [3.05, 3.63) is 30.1 Å². The molecule has 0 bridgehead atoms. The number of hydrogen-bond donors (Lipinski definition) is 1. The van der Waals surface area contributed by atoms with Gasteiger partial charge in [0.25, 0.3) is 0 Å². The van der Waals surface area contributed by atoms with Gasteiger partial charge in [0, 0.05) is 12.3 Å². The van der Waals surface area contributed by atoms with Gasteiger partial charge in [-0.15, -0.1) is 11.8 Å². The van der Waals surface area contributed by atoms with Gasteiger partial charge in [-0.05, 0) is 32.1 Å². The summed E-state index contributed by atoms with van der Waals surface area (Å²) in [5.41, 5.74) is 0.244. The van der Waals surface area contributed by atoms with Crippen LogP contribution in [0.4, 0.5) is 10.1 Å². The summed E-state index contributed by atoms with van der Waals surface area (Å²) >= 11 is 1.59. The number of carbonyl (C=O) groups excluding carboxylic acids is 1. The van der Waals surface area contributed by atoms with Crippen molar-refractivity contribution in [1.29, 1.82) is 0 Å². The molecule has 0 unspecified atom stereocenters. The summed E-state index contributed by atoms with van der Waals surface area (Å²) in [7, 11) is 0. The summed E-state index contributed by atoms with van der Waals surface area (Å²) in [6.45, 7) is 9.11. The lowest BCUT2D eigenvalue weighted by molar-refractivity contribution is -0.115. The summed E-state index contributed by atoms with van der Waals surface area (Å²) in [6.07, 6.45) is 0. The molecule has 3 nitrogen and oxygen atoms in total. The van der Waals surface area contributed by atoms with E-state index < -0.39 is 5.82 Å². The first kappa shape index (κ1) is 17.0. The number of benzene rings is 1. The zero-order valence-electron chi connectivity index (χ0n) is 12.4. The van der Waals surface area contributed by atoms with Crippen molar-refractivity contribution in [3.63, 3.8) is 0 Å². The van der Waals surface area contributed by atoms with E-state index in [1.807, 2.05) is 6.92 Å². The van der Waals surface area contributed by atoms with E-state index >= 15 is 0 Å². The highest BCUT2D eigenvalue weighted by Gasteiger charge is 2.15. The Hall–Kier alpha value is -1.07. The molecule has 0 aliphatic rings. The maximum absolute atomic E-state index is 13.4. The fourth-order valence-corrected chi connectivity index (χ4v) is 2.70. The Morgan fingerprint density at radius 1 is 1.35 bits per heavy atom. The van der Waals surface area contributed by atoms with Gasteiger partial charge in [0.05, 0.1) is 10.9 Å². The van der Waals surface area contributed by atoms with Crippen LogP contribution in [0.25, 0.3) is 0 Å². The molecule has 5 heteroatoms. The second kappa shape index (κ2) is 8.97. The second-order valence-corrected chi connectivity index (χ2v) is 5.96. The largest absolute Gasteiger partial charge is 0.323 e. The lowest BCUT2D eigenvalue weighted by Crippen LogP contribution is -2.28. The van der Waals surface area contributed by atoms with E-state index in [4.69, 9.17) is 0 Å². The minimum absolute atomic E-state index is 0.153. The van der Waals surface area contributed by atoms with E-state index in [2.05, 4.69) is 24.1 Å². The van der Waals surface area contributed by atoms with Gasteiger partial charge < -0.3 is 10.2 Å². The zero-order valence-corrected chi connectivity index (χ0v) is 13.2. The predicted octanol–water partition coefficient (Wildman–Crippen LogP) is 3.23. The highest BCUT2D eigenvalue weighted by atomic mass is 32.2.